The van der Waals surface area contributed by atoms with Crippen LogP contribution in [0.3, 0.4) is 0 Å². The molecule has 0 atom stereocenters. The molecule has 0 aromatic heterocycles. The van der Waals surface area contributed by atoms with Crippen molar-refractivity contribution in [3.8, 4) is 17.2 Å². The Morgan fingerprint density at radius 1 is 0.435 bits per heavy atom. The maximum atomic E-state index is 9.79. The summed E-state index contributed by atoms with van der Waals surface area (Å²) in [5.74, 6) is 0. The minimum absolute atomic E-state index is 0.151. The molecule has 2 heterocycles. The predicted molar refractivity (Wildman–Crippen MR) is 190 cm³/mol. The zero-order valence-electron chi connectivity index (χ0n) is 26.6. The molecule has 222 valence electrons. The maximum absolute atomic E-state index is 9.79. The van der Waals surface area contributed by atoms with Crippen LogP contribution in [-0.2, 0) is 10.8 Å². The molecule has 0 saturated heterocycles. The minimum atomic E-state index is -0.151. The van der Waals surface area contributed by atoms with Crippen molar-refractivity contribution in [1.29, 1.82) is 5.26 Å². The molecule has 0 bridgehead atoms. The summed E-state index contributed by atoms with van der Waals surface area (Å²) in [6, 6.07) is 52.3. The van der Waals surface area contributed by atoms with E-state index in [0.29, 0.717) is 5.56 Å². The number of hydrogen-bond donors (Lipinski definition) is 0. The van der Waals surface area contributed by atoms with Crippen LogP contribution in [0.15, 0.2) is 140 Å². The topological polar surface area (TPSA) is 30.3 Å². The Labute approximate surface area is 271 Å². The van der Waals surface area contributed by atoms with Gasteiger partial charge in [0, 0.05) is 22.2 Å². The normalized spacial score (nSPS) is 15.2. The summed E-state index contributed by atoms with van der Waals surface area (Å²) in [4.78, 5) is 4.84. The first-order chi connectivity index (χ1) is 22.3. The second kappa shape index (κ2) is 10.2. The van der Waals surface area contributed by atoms with Crippen LogP contribution in [0.4, 0.5) is 34.1 Å². The average molecular weight is 594 g/mol. The summed E-state index contributed by atoms with van der Waals surface area (Å²) in [5.41, 5.74) is 14.5. The summed E-state index contributed by atoms with van der Waals surface area (Å²) in [6.07, 6.45) is 0. The van der Waals surface area contributed by atoms with Gasteiger partial charge in [-0.15, -0.1) is 0 Å². The summed E-state index contributed by atoms with van der Waals surface area (Å²) in [6.45, 7) is 9.28. The molecule has 46 heavy (non-hydrogen) atoms. The van der Waals surface area contributed by atoms with Crippen LogP contribution in [0.1, 0.15) is 55.5 Å². The first-order valence-corrected chi connectivity index (χ1v) is 15.9. The van der Waals surface area contributed by atoms with Crippen LogP contribution < -0.4 is 9.80 Å². The Kier molecular flexibility index (Phi) is 6.21. The van der Waals surface area contributed by atoms with E-state index in [-0.39, 0.29) is 10.8 Å². The second-order valence-corrected chi connectivity index (χ2v) is 13.4. The SMILES string of the molecule is CC1(C)c2ccccc2N(c2cc(-c3cccc(C#N)c3)cc(N3c4ccccc4C(C)(C)c4ccccc43)c2)c2ccccc21. The first-order valence-electron chi connectivity index (χ1n) is 15.9. The van der Waals surface area contributed by atoms with Gasteiger partial charge in [-0.3, -0.25) is 0 Å². The molecule has 2 aliphatic heterocycles. The molecule has 0 unspecified atom stereocenters. The molecule has 8 rings (SSSR count). The molecule has 0 spiro atoms. The summed E-state index contributed by atoms with van der Waals surface area (Å²) in [7, 11) is 0. The van der Waals surface area contributed by atoms with Crippen molar-refractivity contribution in [2.24, 2.45) is 0 Å². The molecule has 0 radical (unpaired) electrons. The van der Waals surface area contributed by atoms with Gasteiger partial charge in [0.15, 0.2) is 0 Å². The van der Waals surface area contributed by atoms with E-state index in [0.717, 1.165) is 22.5 Å². The fraction of sp³-hybridized carbons (Fsp3) is 0.140. The Morgan fingerprint density at radius 2 is 0.826 bits per heavy atom. The number of nitriles is 1. The Morgan fingerprint density at radius 3 is 1.22 bits per heavy atom. The number of para-hydroxylation sites is 4. The molecule has 6 aromatic carbocycles. The quantitative estimate of drug-likeness (QED) is 0.204. The standard InChI is InChI=1S/C43H35N3/c1-42(2)34-16-5-9-20-38(34)45(39-21-10-6-17-35(39)42)32-25-31(30-15-13-14-29(24-30)28-44)26-33(27-32)46-40-22-11-7-18-36(40)43(3,4)37-19-8-12-23-41(37)46/h5-27H,1-4H3. The van der Waals surface area contributed by atoms with E-state index in [1.54, 1.807) is 0 Å². The lowest BCUT2D eigenvalue weighted by Gasteiger charge is -2.43. The van der Waals surface area contributed by atoms with Gasteiger partial charge in [0.2, 0.25) is 0 Å². The fourth-order valence-corrected chi connectivity index (χ4v) is 7.68. The van der Waals surface area contributed by atoms with Gasteiger partial charge in [-0.2, -0.15) is 5.26 Å². The van der Waals surface area contributed by atoms with Crippen molar-refractivity contribution in [3.05, 3.63) is 167 Å². The van der Waals surface area contributed by atoms with Crippen LogP contribution in [0.25, 0.3) is 11.1 Å². The summed E-state index contributed by atoms with van der Waals surface area (Å²) in [5, 5.41) is 9.79. The summed E-state index contributed by atoms with van der Waals surface area (Å²) >= 11 is 0. The highest BCUT2D eigenvalue weighted by molar-refractivity contribution is 5.93. The molecule has 0 saturated carbocycles. The van der Waals surface area contributed by atoms with Gasteiger partial charge in [-0.05, 0) is 88.0 Å². The van der Waals surface area contributed by atoms with Crippen LogP contribution in [0, 0.1) is 11.3 Å². The van der Waals surface area contributed by atoms with Crippen LogP contribution in [-0.4, -0.2) is 0 Å². The number of fused-ring (bicyclic) bond motifs is 4. The Bertz CT molecular complexity index is 1980. The summed E-state index contributed by atoms with van der Waals surface area (Å²) < 4.78 is 0. The molecular weight excluding hydrogens is 558 g/mol. The fourth-order valence-electron chi connectivity index (χ4n) is 7.68. The number of hydrogen-bond acceptors (Lipinski definition) is 3. The number of anilines is 6. The van der Waals surface area contributed by atoms with Crippen LogP contribution in [0.5, 0.6) is 0 Å². The van der Waals surface area contributed by atoms with Crippen molar-refractivity contribution in [1.82, 2.24) is 0 Å². The predicted octanol–water partition coefficient (Wildman–Crippen LogP) is 11.4. The largest absolute Gasteiger partial charge is 0.310 e. The third-order valence-corrected chi connectivity index (χ3v) is 10.0. The molecule has 0 aliphatic carbocycles. The minimum Gasteiger partial charge on any atom is -0.310 e. The molecule has 3 nitrogen and oxygen atoms in total. The molecule has 2 aliphatic rings. The smallest absolute Gasteiger partial charge is 0.0991 e. The third-order valence-electron chi connectivity index (χ3n) is 10.0. The van der Waals surface area contributed by atoms with Crippen molar-refractivity contribution >= 4 is 34.1 Å². The van der Waals surface area contributed by atoms with E-state index >= 15 is 0 Å². The lowest BCUT2D eigenvalue weighted by molar-refractivity contribution is 0.631. The van der Waals surface area contributed by atoms with Gasteiger partial charge < -0.3 is 9.80 Å². The zero-order valence-corrected chi connectivity index (χ0v) is 26.6. The van der Waals surface area contributed by atoms with Gasteiger partial charge in [0.05, 0.1) is 34.4 Å². The number of nitrogens with zero attached hydrogens (tertiary/aromatic N) is 3. The van der Waals surface area contributed by atoms with Crippen molar-refractivity contribution in [2.75, 3.05) is 9.80 Å². The van der Waals surface area contributed by atoms with Gasteiger partial charge >= 0.3 is 0 Å². The lowest BCUT2D eigenvalue weighted by Crippen LogP contribution is -2.31. The zero-order chi connectivity index (χ0) is 31.6. The highest BCUT2D eigenvalue weighted by atomic mass is 15.2. The van der Waals surface area contributed by atoms with E-state index in [9.17, 15) is 5.26 Å². The molecule has 0 N–H and O–H groups in total. The van der Waals surface area contributed by atoms with Gasteiger partial charge in [-0.25, -0.2) is 0 Å². The first kappa shape index (κ1) is 27.9. The number of rotatable bonds is 3. The van der Waals surface area contributed by atoms with Crippen LogP contribution >= 0.6 is 0 Å². The molecule has 6 aromatic rings. The second-order valence-electron chi connectivity index (χ2n) is 13.4. The van der Waals surface area contributed by atoms with E-state index in [1.807, 2.05) is 18.2 Å². The van der Waals surface area contributed by atoms with E-state index in [2.05, 4.69) is 165 Å². The molecule has 0 amide bonds. The monoisotopic (exact) mass is 593 g/mol. The van der Waals surface area contributed by atoms with Gasteiger partial charge in [-0.1, -0.05) is 113 Å². The molecular formula is C43H35N3. The van der Waals surface area contributed by atoms with E-state index in [4.69, 9.17) is 0 Å². The lowest BCUT2D eigenvalue weighted by atomic mass is 9.73. The van der Waals surface area contributed by atoms with Crippen molar-refractivity contribution in [3.63, 3.8) is 0 Å². The van der Waals surface area contributed by atoms with Gasteiger partial charge in [0.1, 0.15) is 0 Å². The Hall–Kier alpha value is -5.59. The van der Waals surface area contributed by atoms with E-state index < -0.39 is 0 Å². The highest BCUT2D eigenvalue weighted by Gasteiger charge is 2.39. The molecule has 0 fully saturated rings. The highest BCUT2D eigenvalue weighted by Crippen LogP contribution is 2.55. The maximum Gasteiger partial charge on any atom is 0.0991 e. The van der Waals surface area contributed by atoms with Crippen LogP contribution in [0.2, 0.25) is 0 Å². The average Bonchev–Trinajstić information content (AvgIpc) is 3.09. The van der Waals surface area contributed by atoms with Crippen molar-refractivity contribution in [2.45, 2.75) is 38.5 Å². The molecule has 3 heteroatoms. The van der Waals surface area contributed by atoms with Crippen molar-refractivity contribution < 1.29 is 0 Å². The Balaban J connectivity index is 1.44. The number of benzene rings is 6. The van der Waals surface area contributed by atoms with Gasteiger partial charge in [0.25, 0.3) is 0 Å². The van der Waals surface area contributed by atoms with E-state index in [1.165, 1.54) is 45.0 Å². The third kappa shape index (κ3) is 4.11.